The second kappa shape index (κ2) is 4.86. The van der Waals surface area contributed by atoms with Crippen LogP contribution in [0.2, 0.25) is 0 Å². The molecule has 84 valence electrons. The molecular weight excluding hydrogens is 242 g/mol. The maximum absolute atomic E-state index is 12.6. The SMILES string of the molecule is N#Cc1cc(C(F)F)c(C(=O)O)c(CCl)n1. The van der Waals surface area contributed by atoms with Crippen LogP contribution in [0.4, 0.5) is 8.78 Å². The van der Waals surface area contributed by atoms with E-state index in [1.54, 1.807) is 6.07 Å². The van der Waals surface area contributed by atoms with Gasteiger partial charge in [-0.2, -0.15) is 5.26 Å². The highest BCUT2D eigenvalue weighted by molar-refractivity contribution is 6.17. The first kappa shape index (κ1) is 12.3. The summed E-state index contributed by atoms with van der Waals surface area (Å²) in [6.45, 7) is 0. The van der Waals surface area contributed by atoms with Gasteiger partial charge in [0.2, 0.25) is 0 Å². The van der Waals surface area contributed by atoms with Crippen LogP contribution in [0.3, 0.4) is 0 Å². The van der Waals surface area contributed by atoms with Gasteiger partial charge >= 0.3 is 5.97 Å². The number of nitrogens with zero attached hydrogens (tertiary/aromatic N) is 2. The van der Waals surface area contributed by atoms with Gasteiger partial charge in [-0.05, 0) is 6.07 Å². The van der Waals surface area contributed by atoms with Gasteiger partial charge < -0.3 is 5.11 Å². The Kier molecular flexibility index (Phi) is 3.74. The molecule has 4 nitrogen and oxygen atoms in total. The lowest BCUT2D eigenvalue weighted by atomic mass is 10.1. The molecule has 0 radical (unpaired) electrons. The number of alkyl halides is 3. The zero-order chi connectivity index (χ0) is 12.3. The molecular formula is C9H5ClF2N2O2. The predicted molar refractivity (Wildman–Crippen MR) is 50.4 cm³/mol. The summed E-state index contributed by atoms with van der Waals surface area (Å²) in [7, 11) is 0. The van der Waals surface area contributed by atoms with Crippen LogP contribution in [0.5, 0.6) is 0 Å². The third-order valence-electron chi connectivity index (χ3n) is 1.81. The number of pyridine rings is 1. The molecule has 0 amide bonds. The molecule has 0 unspecified atom stereocenters. The lowest BCUT2D eigenvalue weighted by Gasteiger charge is -2.08. The smallest absolute Gasteiger partial charge is 0.338 e. The summed E-state index contributed by atoms with van der Waals surface area (Å²) in [6, 6.07) is 2.32. The first-order valence-corrected chi connectivity index (χ1v) is 4.56. The molecule has 0 aliphatic rings. The molecule has 0 atom stereocenters. The van der Waals surface area contributed by atoms with Crippen molar-refractivity contribution in [1.82, 2.24) is 4.98 Å². The zero-order valence-corrected chi connectivity index (χ0v) is 8.50. The summed E-state index contributed by atoms with van der Waals surface area (Å²) >= 11 is 5.40. The van der Waals surface area contributed by atoms with Gasteiger partial charge in [0.25, 0.3) is 6.43 Å². The van der Waals surface area contributed by atoms with E-state index in [2.05, 4.69) is 4.98 Å². The van der Waals surface area contributed by atoms with Crippen LogP contribution < -0.4 is 0 Å². The second-order valence-corrected chi connectivity index (χ2v) is 3.04. The third-order valence-corrected chi connectivity index (χ3v) is 2.07. The summed E-state index contributed by atoms with van der Waals surface area (Å²) in [5.74, 6) is -1.89. The molecule has 0 saturated carbocycles. The lowest BCUT2D eigenvalue weighted by Crippen LogP contribution is -2.10. The van der Waals surface area contributed by atoms with E-state index in [1.807, 2.05) is 0 Å². The molecule has 0 saturated heterocycles. The summed E-state index contributed by atoms with van der Waals surface area (Å²) in [4.78, 5) is 14.4. The van der Waals surface area contributed by atoms with Crippen LogP contribution in [0.25, 0.3) is 0 Å². The van der Waals surface area contributed by atoms with E-state index in [1.165, 1.54) is 0 Å². The number of carboxylic acids is 1. The van der Waals surface area contributed by atoms with Crippen molar-refractivity contribution in [3.63, 3.8) is 0 Å². The number of halogens is 3. The Morgan fingerprint density at radius 1 is 1.69 bits per heavy atom. The summed E-state index contributed by atoms with van der Waals surface area (Å²) < 4.78 is 25.2. The van der Waals surface area contributed by atoms with Gasteiger partial charge in [-0.1, -0.05) is 0 Å². The molecule has 1 aromatic heterocycles. The van der Waals surface area contributed by atoms with E-state index >= 15 is 0 Å². The molecule has 0 aliphatic carbocycles. The Labute approximate surface area is 94.1 Å². The van der Waals surface area contributed by atoms with E-state index in [0.717, 1.165) is 6.07 Å². The second-order valence-electron chi connectivity index (χ2n) is 2.77. The fraction of sp³-hybridized carbons (Fsp3) is 0.222. The van der Waals surface area contributed by atoms with Crippen LogP contribution in [-0.4, -0.2) is 16.1 Å². The van der Waals surface area contributed by atoms with Gasteiger partial charge in [0.1, 0.15) is 11.8 Å². The van der Waals surface area contributed by atoms with Crippen molar-refractivity contribution in [3.8, 4) is 6.07 Å². The van der Waals surface area contributed by atoms with Crippen molar-refractivity contribution in [2.45, 2.75) is 12.3 Å². The minimum absolute atomic E-state index is 0.233. The van der Waals surface area contributed by atoms with E-state index in [9.17, 15) is 13.6 Å². The number of aromatic nitrogens is 1. The summed E-state index contributed by atoms with van der Waals surface area (Å²) in [5.41, 5.74) is -1.89. The molecule has 0 fully saturated rings. The highest BCUT2D eigenvalue weighted by Crippen LogP contribution is 2.26. The number of hydrogen-bond donors (Lipinski definition) is 1. The quantitative estimate of drug-likeness (QED) is 0.831. The molecule has 7 heteroatoms. The minimum Gasteiger partial charge on any atom is -0.478 e. The molecule has 16 heavy (non-hydrogen) atoms. The molecule has 1 rings (SSSR count). The number of nitriles is 1. The Bertz CT molecular complexity index is 471. The van der Waals surface area contributed by atoms with E-state index in [-0.39, 0.29) is 17.3 Å². The Hall–Kier alpha value is -1.74. The monoisotopic (exact) mass is 246 g/mol. The molecule has 1 heterocycles. The third kappa shape index (κ3) is 2.25. The molecule has 0 aliphatic heterocycles. The standard InChI is InChI=1S/C9H5ClF2N2O2/c10-2-6-7(9(15)16)5(8(11)12)1-4(3-13)14-6/h1,8H,2H2,(H,15,16). The molecule has 1 aromatic rings. The number of rotatable bonds is 3. The van der Waals surface area contributed by atoms with Crippen molar-refractivity contribution in [2.75, 3.05) is 0 Å². The van der Waals surface area contributed by atoms with Gasteiger partial charge in [0.15, 0.2) is 0 Å². The number of carbonyl (C=O) groups is 1. The van der Waals surface area contributed by atoms with Crippen LogP contribution in [-0.2, 0) is 5.88 Å². The van der Waals surface area contributed by atoms with E-state index in [0.29, 0.717) is 0 Å². The predicted octanol–water partition coefficient (Wildman–Crippen LogP) is 2.33. The Morgan fingerprint density at radius 3 is 2.69 bits per heavy atom. The molecule has 0 spiro atoms. The summed E-state index contributed by atoms with van der Waals surface area (Å²) in [5, 5.41) is 17.3. The first-order valence-electron chi connectivity index (χ1n) is 4.02. The largest absolute Gasteiger partial charge is 0.478 e. The maximum Gasteiger partial charge on any atom is 0.338 e. The van der Waals surface area contributed by atoms with Gasteiger partial charge in [0.05, 0.1) is 17.1 Å². The van der Waals surface area contributed by atoms with Gasteiger partial charge in [0, 0.05) is 5.56 Å². The number of hydrogen-bond acceptors (Lipinski definition) is 3. The fourth-order valence-electron chi connectivity index (χ4n) is 1.19. The van der Waals surface area contributed by atoms with Crippen LogP contribution in [0.15, 0.2) is 6.07 Å². The van der Waals surface area contributed by atoms with Crippen LogP contribution in [0.1, 0.15) is 33.7 Å². The normalized spacial score (nSPS) is 10.2. The van der Waals surface area contributed by atoms with Crippen molar-refractivity contribution < 1.29 is 18.7 Å². The van der Waals surface area contributed by atoms with Gasteiger partial charge in [-0.25, -0.2) is 18.6 Å². The van der Waals surface area contributed by atoms with Gasteiger partial charge in [-0.15, -0.1) is 11.6 Å². The van der Waals surface area contributed by atoms with Gasteiger partial charge in [-0.3, -0.25) is 0 Å². The molecule has 1 N–H and O–H groups in total. The first-order chi connectivity index (χ1) is 7.51. The highest BCUT2D eigenvalue weighted by Gasteiger charge is 2.23. The fourth-order valence-corrected chi connectivity index (χ4v) is 1.39. The van der Waals surface area contributed by atoms with Crippen LogP contribution >= 0.6 is 11.6 Å². The zero-order valence-electron chi connectivity index (χ0n) is 7.75. The van der Waals surface area contributed by atoms with Crippen molar-refractivity contribution >= 4 is 17.6 Å². The van der Waals surface area contributed by atoms with Crippen molar-refractivity contribution in [1.29, 1.82) is 5.26 Å². The number of carboxylic acid groups (broad SMARTS) is 1. The highest BCUT2D eigenvalue weighted by atomic mass is 35.5. The Morgan fingerprint density at radius 2 is 2.31 bits per heavy atom. The molecule has 0 bridgehead atoms. The molecule has 0 aromatic carbocycles. The Balaban J connectivity index is 3.55. The van der Waals surface area contributed by atoms with E-state index in [4.69, 9.17) is 22.0 Å². The summed E-state index contributed by atoms with van der Waals surface area (Å²) in [6.07, 6.45) is -3.00. The topological polar surface area (TPSA) is 74.0 Å². The van der Waals surface area contributed by atoms with E-state index < -0.39 is 23.5 Å². The lowest BCUT2D eigenvalue weighted by molar-refractivity contribution is 0.0683. The van der Waals surface area contributed by atoms with Crippen molar-refractivity contribution in [3.05, 3.63) is 28.6 Å². The van der Waals surface area contributed by atoms with Crippen LogP contribution in [0, 0.1) is 11.3 Å². The maximum atomic E-state index is 12.6. The average molecular weight is 247 g/mol. The average Bonchev–Trinajstić information content (AvgIpc) is 2.26. The number of aromatic carboxylic acids is 1. The minimum atomic E-state index is -3.00. The van der Waals surface area contributed by atoms with Crippen molar-refractivity contribution in [2.24, 2.45) is 0 Å².